The van der Waals surface area contributed by atoms with Crippen LogP contribution in [0.25, 0.3) is 0 Å². The molecule has 1 N–H and O–H groups in total. The molecule has 1 aromatic rings. The molecule has 1 rings (SSSR count). The fraction of sp³-hybridized carbons (Fsp3) is 0.462. The van der Waals surface area contributed by atoms with Gasteiger partial charge in [-0.1, -0.05) is 18.5 Å². The maximum absolute atomic E-state index is 10.9. The Bertz CT molecular complexity index is 413. The van der Waals surface area contributed by atoms with Crippen molar-refractivity contribution in [3.8, 4) is 5.75 Å². The molecule has 1 aromatic carbocycles. The number of benzene rings is 1. The molecular formula is C13H17ClO3. The topological polar surface area (TPSA) is 46.5 Å². The molecule has 0 atom stereocenters. The number of carbonyl (C=O) groups is 1. The van der Waals surface area contributed by atoms with Gasteiger partial charge in [-0.25, -0.2) is 0 Å². The smallest absolute Gasteiger partial charge is 0.312 e. The molecule has 0 aliphatic heterocycles. The predicted molar refractivity (Wildman–Crippen MR) is 67.7 cm³/mol. The SMILES string of the molecule is CCc1cc(OCC(C)(C)C(=O)O)ccc1Cl. The Morgan fingerprint density at radius 1 is 1.47 bits per heavy atom. The number of hydrogen-bond donors (Lipinski definition) is 1. The Labute approximate surface area is 106 Å². The highest BCUT2D eigenvalue weighted by Gasteiger charge is 2.28. The second-order valence-electron chi connectivity index (χ2n) is 4.58. The highest BCUT2D eigenvalue weighted by atomic mass is 35.5. The summed E-state index contributed by atoms with van der Waals surface area (Å²) in [5.74, 6) is -0.220. The summed E-state index contributed by atoms with van der Waals surface area (Å²) in [5, 5.41) is 9.67. The lowest BCUT2D eigenvalue weighted by Gasteiger charge is -2.19. The molecule has 0 bridgehead atoms. The third-order valence-electron chi connectivity index (χ3n) is 2.58. The van der Waals surface area contributed by atoms with E-state index in [4.69, 9.17) is 21.4 Å². The van der Waals surface area contributed by atoms with Gasteiger partial charge in [-0.2, -0.15) is 0 Å². The summed E-state index contributed by atoms with van der Waals surface area (Å²) in [7, 11) is 0. The quantitative estimate of drug-likeness (QED) is 0.878. The normalized spacial score (nSPS) is 11.3. The highest BCUT2D eigenvalue weighted by Crippen LogP contribution is 2.24. The first kappa shape index (κ1) is 13.8. The number of aliphatic carboxylic acids is 1. The first-order valence-corrected chi connectivity index (χ1v) is 5.89. The minimum atomic E-state index is -0.897. The standard InChI is InChI=1S/C13H17ClO3/c1-4-9-7-10(5-6-11(9)14)17-8-13(2,3)12(15)16/h5-7H,4,8H2,1-3H3,(H,15,16). The van der Waals surface area contributed by atoms with Crippen LogP contribution >= 0.6 is 11.6 Å². The molecule has 17 heavy (non-hydrogen) atoms. The van der Waals surface area contributed by atoms with Gasteiger partial charge in [0.25, 0.3) is 0 Å². The number of rotatable bonds is 5. The van der Waals surface area contributed by atoms with Crippen molar-refractivity contribution in [2.24, 2.45) is 5.41 Å². The van der Waals surface area contributed by atoms with E-state index in [9.17, 15) is 4.79 Å². The van der Waals surface area contributed by atoms with Gasteiger partial charge in [0.2, 0.25) is 0 Å². The minimum Gasteiger partial charge on any atom is -0.492 e. The fourth-order valence-corrected chi connectivity index (χ4v) is 1.49. The van der Waals surface area contributed by atoms with Gasteiger partial charge in [-0.15, -0.1) is 0 Å². The molecule has 4 heteroatoms. The van der Waals surface area contributed by atoms with Crippen LogP contribution in [0, 0.1) is 5.41 Å². The Morgan fingerprint density at radius 3 is 2.65 bits per heavy atom. The summed E-state index contributed by atoms with van der Waals surface area (Å²) >= 11 is 5.99. The molecule has 0 saturated heterocycles. The van der Waals surface area contributed by atoms with E-state index in [0.717, 1.165) is 12.0 Å². The molecule has 0 spiro atoms. The van der Waals surface area contributed by atoms with Gasteiger partial charge in [-0.3, -0.25) is 4.79 Å². The molecule has 0 amide bonds. The molecule has 0 unspecified atom stereocenters. The number of aryl methyl sites for hydroxylation is 1. The lowest BCUT2D eigenvalue weighted by atomic mass is 9.95. The molecule has 0 fully saturated rings. The molecule has 94 valence electrons. The molecule has 0 aromatic heterocycles. The van der Waals surface area contributed by atoms with Crippen LogP contribution in [0.1, 0.15) is 26.3 Å². The van der Waals surface area contributed by atoms with E-state index >= 15 is 0 Å². The molecule has 0 aliphatic carbocycles. The second-order valence-corrected chi connectivity index (χ2v) is 4.99. The van der Waals surface area contributed by atoms with Crippen molar-refractivity contribution in [3.05, 3.63) is 28.8 Å². The van der Waals surface area contributed by atoms with Crippen LogP contribution in [0.4, 0.5) is 0 Å². The van der Waals surface area contributed by atoms with Crippen molar-refractivity contribution in [1.82, 2.24) is 0 Å². The van der Waals surface area contributed by atoms with E-state index in [1.807, 2.05) is 13.0 Å². The predicted octanol–water partition coefficient (Wildman–Crippen LogP) is 3.39. The van der Waals surface area contributed by atoms with Crippen molar-refractivity contribution < 1.29 is 14.6 Å². The van der Waals surface area contributed by atoms with Crippen LogP contribution in [0.2, 0.25) is 5.02 Å². The average molecular weight is 257 g/mol. The number of hydrogen-bond acceptors (Lipinski definition) is 2. The third-order valence-corrected chi connectivity index (χ3v) is 2.95. The molecule has 0 saturated carbocycles. The molecule has 0 aliphatic rings. The van der Waals surface area contributed by atoms with Crippen LogP contribution in [-0.2, 0) is 11.2 Å². The Kier molecular flexibility index (Phi) is 4.40. The fourth-order valence-electron chi connectivity index (χ4n) is 1.24. The number of carboxylic acids is 1. The van der Waals surface area contributed by atoms with Crippen LogP contribution in [0.3, 0.4) is 0 Å². The molecule has 0 radical (unpaired) electrons. The zero-order valence-corrected chi connectivity index (χ0v) is 11.0. The van der Waals surface area contributed by atoms with Crippen molar-refractivity contribution in [3.63, 3.8) is 0 Å². The van der Waals surface area contributed by atoms with Crippen LogP contribution in [-0.4, -0.2) is 17.7 Å². The van der Waals surface area contributed by atoms with Gasteiger partial charge in [-0.05, 0) is 44.0 Å². The third kappa shape index (κ3) is 3.63. The monoisotopic (exact) mass is 256 g/mol. The first-order valence-electron chi connectivity index (χ1n) is 5.51. The van der Waals surface area contributed by atoms with Crippen LogP contribution in [0.5, 0.6) is 5.75 Å². The van der Waals surface area contributed by atoms with Crippen molar-refractivity contribution in [2.75, 3.05) is 6.61 Å². The van der Waals surface area contributed by atoms with E-state index in [1.165, 1.54) is 0 Å². The van der Waals surface area contributed by atoms with Gasteiger partial charge in [0, 0.05) is 5.02 Å². The summed E-state index contributed by atoms with van der Waals surface area (Å²) < 4.78 is 5.49. The van der Waals surface area contributed by atoms with Gasteiger partial charge >= 0.3 is 5.97 Å². The number of halogens is 1. The summed E-state index contributed by atoms with van der Waals surface area (Å²) in [5.41, 5.74) is 0.101. The summed E-state index contributed by atoms with van der Waals surface area (Å²) in [6.07, 6.45) is 0.818. The highest BCUT2D eigenvalue weighted by molar-refractivity contribution is 6.31. The lowest BCUT2D eigenvalue weighted by Crippen LogP contribution is -2.30. The maximum Gasteiger partial charge on any atom is 0.312 e. The van der Waals surface area contributed by atoms with E-state index in [2.05, 4.69) is 0 Å². The number of ether oxygens (including phenoxy) is 1. The lowest BCUT2D eigenvalue weighted by molar-refractivity contribution is -0.148. The van der Waals surface area contributed by atoms with E-state index < -0.39 is 11.4 Å². The first-order chi connectivity index (χ1) is 7.86. The summed E-state index contributed by atoms with van der Waals surface area (Å²) in [6.45, 7) is 5.40. The van der Waals surface area contributed by atoms with Crippen molar-refractivity contribution in [2.45, 2.75) is 27.2 Å². The largest absolute Gasteiger partial charge is 0.492 e. The summed E-state index contributed by atoms with van der Waals surface area (Å²) in [6, 6.07) is 5.36. The van der Waals surface area contributed by atoms with E-state index in [1.54, 1.807) is 26.0 Å². The van der Waals surface area contributed by atoms with Gasteiger partial charge < -0.3 is 9.84 Å². The van der Waals surface area contributed by atoms with Crippen molar-refractivity contribution >= 4 is 17.6 Å². The van der Waals surface area contributed by atoms with E-state index in [0.29, 0.717) is 10.8 Å². The number of carboxylic acid groups (broad SMARTS) is 1. The Hall–Kier alpha value is -1.22. The minimum absolute atomic E-state index is 0.132. The van der Waals surface area contributed by atoms with Gasteiger partial charge in [0.1, 0.15) is 12.4 Å². The molecular weight excluding hydrogens is 240 g/mol. The summed E-state index contributed by atoms with van der Waals surface area (Å²) in [4.78, 5) is 10.9. The van der Waals surface area contributed by atoms with Crippen LogP contribution < -0.4 is 4.74 Å². The van der Waals surface area contributed by atoms with Crippen LogP contribution in [0.15, 0.2) is 18.2 Å². The van der Waals surface area contributed by atoms with Gasteiger partial charge in [0.05, 0.1) is 5.41 Å². The molecule has 0 heterocycles. The van der Waals surface area contributed by atoms with Gasteiger partial charge in [0.15, 0.2) is 0 Å². The zero-order chi connectivity index (χ0) is 13.1. The Morgan fingerprint density at radius 2 is 2.12 bits per heavy atom. The molecule has 3 nitrogen and oxygen atoms in total. The second kappa shape index (κ2) is 5.41. The van der Waals surface area contributed by atoms with Crippen molar-refractivity contribution in [1.29, 1.82) is 0 Å². The Balaban J connectivity index is 2.73. The average Bonchev–Trinajstić information content (AvgIpc) is 2.28. The zero-order valence-electron chi connectivity index (χ0n) is 10.3. The van der Waals surface area contributed by atoms with E-state index in [-0.39, 0.29) is 6.61 Å². The maximum atomic E-state index is 10.9.